The third kappa shape index (κ3) is 5.90. The number of para-hydroxylation sites is 1. The summed E-state index contributed by atoms with van der Waals surface area (Å²) in [6, 6.07) is 18.5. The van der Waals surface area contributed by atoms with Gasteiger partial charge in [0.1, 0.15) is 18.0 Å². The average Bonchev–Trinajstić information content (AvgIpc) is 2.84. The summed E-state index contributed by atoms with van der Waals surface area (Å²) in [7, 11) is 0. The van der Waals surface area contributed by atoms with Gasteiger partial charge in [-0.25, -0.2) is 0 Å². The van der Waals surface area contributed by atoms with E-state index in [4.69, 9.17) is 32.7 Å². The molecule has 2 atom stereocenters. The van der Waals surface area contributed by atoms with Crippen LogP contribution in [0.4, 0.5) is 17.1 Å². The summed E-state index contributed by atoms with van der Waals surface area (Å²) in [4.78, 5) is 39.6. The van der Waals surface area contributed by atoms with Crippen molar-refractivity contribution in [1.29, 1.82) is 0 Å². The summed E-state index contributed by atoms with van der Waals surface area (Å²) >= 11 is 12.0. The Morgan fingerprint density at radius 2 is 1.78 bits per heavy atom. The number of carbonyl (C=O) groups is 3. The molecule has 2 unspecified atom stereocenters. The highest BCUT2D eigenvalue weighted by molar-refractivity contribution is 6.35. The molecule has 3 amide bonds. The Kier molecular flexibility index (Phi) is 7.67. The smallest absolute Gasteiger partial charge is 0.268 e. The van der Waals surface area contributed by atoms with Gasteiger partial charge in [-0.1, -0.05) is 41.4 Å². The molecule has 1 aliphatic rings. The number of fused-ring (bicyclic) bond motifs is 1. The van der Waals surface area contributed by atoms with Gasteiger partial charge in [-0.15, -0.1) is 0 Å². The number of nitrogens with zero attached hydrogens (tertiary/aromatic N) is 1. The molecule has 0 radical (unpaired) electrons. The molecular weight excluding hydrogens is 505 g/mol. The molecule has 3 aromatic rings. The van der Waals surface area contributed by atoms with Crippen molar-refractivity contribution in [1.82, 2.24) is 0 Å². The van der Waals surface area contributed by atoms with E-state index < -0.39 is 18.1 Å². The van der Waals surface area contributed by atoms with Crippen molar-refractivity contribution in [2.24, 2.45) is 0 Å². The van der Waals surface area contributed by atoms with E-state index in [1.54, 1.807) is 68.4 Å². The molecule has 186 valence electrons. The minimum atomic E-state index is -0.884. The lowest BCUT2D eigenvalue weighted by Gasteiger charge is -2.33. The predicted octanol–water partition coefficient (Wildman–Crippen LogP) is 5.15. The summed E-state index contributed by atoms with van der Waals surface area (Å²) in [5, 5.41) is 6.26. The second-order valence-corrected chi connectivity index (χ2v) is 8.95. The number of rotatable bonds is 7. The third-order valence-electron chi connectivity index (χ3n) is 5.36. The van der Waals surface area contributed by atoms with E-state index in [0.717, 1.165) is 0 Å². The molecular formula is C26H23Cl2N3O5. The number of halogens is 2. The number of amides is 3. The Balaban J connectivity index is 1.49. The summed E-state index contributed by atoms with van der Waals surface area (Å²) in [5.41, 5.74) is 1.39. The number of ether oxygens (including phenoxy) is 2. The van der Waals surface area contributed by atoms with Crippen LogP contribution in [0.15, 0.2) is 66.7 Å². The van der Waals surface area contributed by atoms with Gasteiger partial charge >= 0.3 is 0 Å². The largest absolute Gasteiger partial charge is 0.479 e. The monoisotopic (exact) mass is 527 g/mol. The van der Waals surface area contributed by atoms with Gasteiger partial charge in [0.2, 0.25) is 5.91 Å². The number of carbonyl (C=O) groups excluding carboxylic acids is 3. The number of anilines is 3. The minimum absolute atomic E-state index is 0.222. The van der Waals surface area contributed by atoms with Gasteiger partial charge in [-0.05, 0) is 62.4 Å². The van der Waals surface area contributed by atoms with E-state index in [2.05, 4.69) is 10.6 Å². The van der Waals surface area contributed by atoms with Gasteiger partial charge < -0.3 is 20.1 Å². The highest BCUT2D eigenvalue weighted by Crippen LogP contribution is 2.36. The zero-order chi connectivity index (χ0) is 25.8. The maximum absolute atomic E-state index is 12.9. The van der Waals surface area contributed by atoms with Crippen molar-refractivity contribution in [2.75, 3.05) is 22.1 Å². The fourth-order valence-electron chi connectivity index (χ4n) is 3.57. The lowest BCUT2D eigenvalue weighted by molar-refractivity contribution is -0.127. The van der Waals surface area contributed by atoms with Gasteiger partial charge in [0, 0.05) is 16.4 Å². The highest BCUT2D eigenvalue weighted by atomic mass is 35.5. The Morgan fingerprint density at radius 1 is 1.03 bits per heavy atom. The number of hydrogen-bond acceptors (Lipinski definition) is 5. The first-order valence-corrected chi connectivity index (χ1v) is 11.9. The van der Waals surface area contributed by atoms with Gasteiger partial charge in [0.15, 0.2) is 12.2 Å². The SMILES string of the molecule is CC(Oc1ccc(Cl)cc1Cl)C(=O)Nc1ccc2c(c1)N(CC(=O)Nc1ccccc1)C(=O)C(C)O2. The zero-order valence-corrected chi connectivity index (χ0v) is 21.0. The van der Waals surface area contributed by atoms with Crippen molar-refractivity contribution in [3.8, 4) is 11.5 Å². The van der Waals surface area contributed by atoms with Crippen LogP contribution in [-0.2, 0) is 14.4 Å². The van der Waals surface area contributed by atoms with Crippen molar-refractivity contribution >= 4 is 58.0 Å². The molecule has 2 N–H and O–H groups in total. The van der Waals surface area contributed by atoms with Gasteiger partial charge in [0.25, 0.3) is 11.8 Å². The number of nitrogens with one attached hydrogen (secondary N) is 2. The summed E-state index contributed by atoms with van der Waals surface area (Å²) < 4.78 is 11.4. The van der Waals surface area contributed by atoms with E-state index >= 15 is 0 Å². The molecule has 3 aromatic carbocycles. The Hall–Kier alpha value is -3.75. The lowest BCUT2D eigenvalue weighted by atomic mass is 10.1. The van der Waals surface area contributed by atoms with Crippen LogP contribution in [0.5, 0.6) is 11.5 Å². The average molecular weight is 528 g/mol. The van der Waals surface area contributed by atoms with Crippen molar-refractivity contribution in [2.45, 2.75) is 26.1 Å². The van der Waals surface area contributed by atoms with Crippen molar-refractivity contribution in [3.63, 3.8) is 0 Å². The molecule has 1 heterocycles. The topological polar surface area (TPSA) is 97.0 Å². The van der Waals surface area contributed by atoms with Crippen LogP contribution in [-0.4, -0.2) is 36.5 Å². The van der Waals surface area contributed by atoms with Crippen LogP contribution in [0.2, 0.25) is 10.0 Å². The molecule has 0 spiro atoms. The van der Waals surface area contributed by atoms with Gasteiger partial charge in [-0.3, -0.25) is 19.3 Å². The third-order valence-corrected chi connectivity index (χ3v) is 5.89. The van der Waals surface area contributed by atoms with Gasteiger partial charge in [-0.2, -0.15) is 0 Å². The Bertz CT molecular complexity index is 1300. The highest BCUT2D eigenvalue weighted by Gasteiger charge is 2.33. The lowest BCUT2D eigenvalue weighted by Crippen LogP contribution is -2.47. The minimum Gasteiger partial charge on any atom is -0.479 e. The molecule has 0 aliphatic carbocycles. The fourth-order valence-corrected chi connectivity index (χ4v) is 4.03. The molecule has 10 heteroatoms. The Morgan fingerprint density at radius 3 is 2.50 bits per heavy atom. The molecule has 0 bridgehead atoms. The first-order chi connectivity index (χ1) is 17.2. The molecule has 0 aromatic heterocycles. The van der Waals surface area contributed by atoms with E-state index in [9.17, 15) is 14.4 Å². The number of hydrogen-bond donors (Lipinski definition) is 2. The van der Waals surface area contributed by atoms with Crippen LogP contribution in [0, 0.1) is 0 Å². The first kappa shape index (κ1) is 25.3. The van der Waals surface area contributed by atoms with Crippen molar-refractivity contribution < 1.29 is 23.9 Å². The van der Waals surface area contributed by atoms with Crippen LogP contribution in [0.3, 0.4) is 0 Å². The maximum atomic E-state index is 12.9. The molecule has 4 rings (SSSR count). The number of benzene rings is 3. The summed E-state index contributed by atoms with van der Waals surface area (Å²) in [6.45, 7) is 2.97. The maximum Gasteiger partial charge on any atom is 0.268 e. The second kappa shape index (κ2) is 10.9. The molecule has 0 saturated heterocycles. The molecule has 36 heavy (non-hydrogen) atoms. The van der Waals surface area contributed by atoms with E-state index in [1.807, 2.05) is 6.07 Å². The fraction of sp³-hybridized carbons (Fsp3) is 0.192. The standard InChI is InChI=1S/C26H23Cl2N3O5/c1-15(35-22-10-8-17(27)12-20(22)28)25(33)30-19-9-11-23-21(13-19)31(26(34)16(2)36-23)14-24(32)29-18-6-4-3-5-7-18/h3-13,15-16H,14H2,1-2H3,(H,29,32)(H,30,33). The Labute approximate surface area is 218 Å². The second-order valence-electron chi connectivity index (χ2n) is 8.11. The molecule has 1 aliphatic heterocycles. The van der Waals surface area contributed by atoms with Crippen LogP contribution >= 0.6 is 23.2 Å². The summed E-state index contributed by atoms with van der Waals surface area (Å²) in [5.74, 6) is -0.442. The molecule has 0 fully saturated rings. The van der Waals surface area contributed by atoms with E-state index in [0.29, 0.717) is 33.6 Å². The normalized spacial score (nSPS) is 15.4. The molecule has 8 nitrogen and oxygen atoms in total. The molecule has 0 saturated carbocycles. The van der Waals surface area contributed by atoms with E-state index in [-0.39, 0.29) is 23.4 Å². The predicted molar refractivity (Wildman–Crippen MR) is 139 cm³/mol. The van der Waals surface area contributed by atoms with Crippen LogP contribution < -0.4 is 25.0 Å². The van der Waals surface area contributed by atoms with Crippen LogP contribution in [0.25, 0.3) is 0 Å². The van der Waals surface area contributed by atoms with E-state index in [1.165, 1.54) is 11.0 Å². The zero-order valence-electron chi connectivity index (χ0n) is 19.5. The quantitative estimate of drug-likeness (QED) is 0.442. The van der Waals surface area contributed by atoms with Gasteiger partial charge in [0.05, 0.1) is 10.7 Å². The first-order valence-electron chi connectivity index (χ1n) is 11.1. The summed E-state index contributed by atoms with van der Waals surface area (Å²) in [6.07, 6.45) is -1.65. The van der Waals surface area contributed by atoms with Crippen LogP contribution in [0.1, 0.15) is 13.8 Å². The van der Waals surface area contributed by atoms with Crippen molar-refractivity contribution in [3.05, 3.63) is 76.8 Å².